The number of nitrogens with one attached hydrogen (secondary N) is 1. The number of ketones is 1. The first-order chi connectivity index (χ1) is 7.66. The molecule has 0 amide bonds. The van der Waals surface area contributed by atoms with Gasteiger partial charge in [-0.3, -0.25) is 0 Å². The highest BCUT2D eigenvalue weighted by Crippen LogP contribution is 2.35. The second kappa shape index (κ2) is 5.08. The molecule has 2 heterocycles. The molecule has 0 bridgehead atoms. The first kappa shape index (κ1) is 11.8. The van der Waals surface area contributed by atoms with Crippen molar-refractivity contribution in [3.8, 4) is 0 Å². The van der Waals surface area contributed by atoms with Gasteiger partial charge in [0, 0.05) is 17.4 Å². The summed E-state index contributed by atoms with van der Waals surface area (Å²) in [5.74, 6) is 2.00. The van der Waals surface area contributed by atoms with Gasteiger partial charge >= 0.3 is 0 Å². The molecule has 2 aliphatic rings. The summed E-state index contributed by atoms with van der Waals surface area (Å²) in [5, 5.41) is 3.80. The van der Waals surface area contributed by atoms with Crippen LogP contribution in [0.5, 0.6) is 0 Å². The lowest BCUT2D eigenvalue weighted by Gasteiger charge is -2.13. The Morgan fingerprint density at radius 2 is 2.44 bits per heavy atom. The molecular weight excluding hydrogens is 222 g/mol. The van der Waals surface area contributed by atoms with E-state index < -0.39 is 0 Å². The van der Waals surface area contributed by atoms with Crippen LogP contribution in [0.2, 0.25) is 0 Å². The van der Waals surface area contributed by atoms with Crippen LogP contribution < -0.4 is 11.1 Å². The van der Waals surface area contributed by atoms with E-state index in [9.17, 15) is 4.79 Å². The average Bonchev–Trinajstić information content (AvgIpc) is 2.72. The molecule has 90 valence electrons. The Morgan fingerprint density at radius 3 is 3.19 bits per heavy atom. The third kappa shape index (κ3) is 2.70. The SMILES string of the molecule is CC(=O)CCCC[C@@H]1SC[C@@H]2NC(N)=N[C@@H]21. The van der Waals surface area contributed by atoms with Crippen molar-refractivity contribution >= 4 is 23.5 Å². The van der Waals surface area contributed by atoms with Crippen LogP contribution in [0.15, 0.2) is 4.99 Å². The van der Waals surface area contributed by atoms with Crippen LogP contribution in [-0.4, -0.2) is 34.8 Å². The molecule has 0 aliphatic carbocycles. The summed E-state index contributed by atoms with van der Waals surface area (Å²) >= 11 is 1.99. The zero-order valence-electron chi connectivity index (χ0n) is 9.61. The predicted molar refractivity (Wildman–Crippen MR) is 67.7 cm³/mol. The van der Waals surface area contributed by atoms with Gasteiger partial charge in [-0.2, -0.15) is 11.8 Å². The second-order valence-corrected chi connectivity index (χ2v) is 5.85. The van der Waals surface area contributed by atoms with E-state index in [2.05, 4.69) is 10.3 Å². The Labute approximate surface area is 100 Å². The number of rotatable bonds is 5. The smallest absolute Gasteiger partial charge is 0.189 e. The molecule has 2 aliphatic heterocycles. The Morgan fingerprint density at radius 1 is 1.62 bits per heavy atom. The second-order valence-electron chi connectivity index (χ2n) is 4.58. The third-order valence-corrected chi connectivity index (χ3v) is 4.67. The van der Waals surface area contributed by atoms with Crippen molar-refractivity contribution in [2.75, 3.05) is 5.75 Å². The third-order valence-electron chi connectivity index (χ3n) is 3.17. The van der Waals surface area contributed by atoms with Crippen molar-refractivity contribution in [3.63, 3.8) is 0 Å². The minimum Gasteiger partial charge on any atom is -0.370 e. The zero-order valence-corrected chi connectivity index (χ0v) is 10.4. The van der Waals surface area contributed by atoms with E-state index in [1.807, 2.05) is 11.8 Å². The molecule has 3 N–H and O–H groups in total. The van der Waals surface area contributed by atoms with Gasteiger partial charge in [-0.15, -0.1) is 0 Å². The minimum atomic E-state index is 0.293. The number of Topliss-reactive ketones (excluding diaryl/α,β-unsaturated/α-hetero) is 1. The Kier molecular flexibility index (Phi) is 3.74. The molecule has 3 atom stereocenters. The number of guanidine groups is 1. The highest BCUT2D eigenvalue weighted by molar-refractivity contribution is 8.00. The van der Waals surface area contributed by atoms with Gasteiger partial charge in [0.2, 0.25) is 0 Å². The summed E-state index contributed by atoms with van der Waals surface area (Å²) in [4.78, 5) is 15.3. The fraction of sp³-hybridized carbons (Fsp3) is 0.818. The lowest BCUT2D eigenvalue weighted by atomic mass is 10.0. The molecule has 0 radical (unpaired) electrons. The van der Waals surface area contributed by atoms with E-state index in [0.717, 1.165) is 31.4 Å². The summed E-state index contributed by atoms with van der Waals surface area (Å²) in [5.41, 5.74) is 5.67. The topological polar surface area (TPSA) is 67.5 Å². The number of carbonyl (C=O) groups is 1. The van der Waals surface area contributed by atoms with Crippen molar-refractivity contribution in [2.45, 2.75) is 49.9 Å². The van der Waals surface area contributed by atoms with Crippen LogP contribution in [0, 0.1) is 0 Å². The Hall–Kier alpha value is -0.710. The fourth-order valence-electron chi connectivity index (χ4n) is 2.35. The van der Waals surface area contributed by atoms with Crippen molar-refractivity contribution in [1.82, 2.24) is 5.32 Å². The lowest BCUT2D eigenvalue weighted by molar-refractivity contribution is -0.117. The molecule has 5 heteroatoms. The predicted octanol–water partition coefficient (Wildman–Crippen LogP) is 0.906. The maximum atomic E-state index is 10.8. The summed E-state index contributed by atoms with van der Waals surface area (Å²) in [6.45, 7) is 1.66. The molecule has 2 rings (SSSR count). The van der Waals surface area contributed by atoms with Crippen LogP contribution in [0.25, 0.3) is 0 Å². The van der Waals surface area contributed by atoms with E-state index in [0.29, 0.717) is 29.1 Å². The fourth-order valence-corrected chi connectivity index (χ4v) is 3.86. The molecule has 0 aromatic rings. The monoisotopic (exact) mass is 241 g/mol. The number of aliphatic imine (C=N–C) groups is 1. The van der Waals surface area contributed by atoms with Crippen LogP contribution in [0.3, 0.4) is 0 Å². The van der Waals surface area contributed by atoms with Crippen LogP contribution in [0.1, 0.15) is 32.6 Å². The van der Waals surface area contributed by atoms with Gasteiger partial charge in [-0.05, 0) is 19.8 Å². The van der Waals surface area contributed by atoms with Gasteiger partial charge in [0.25, 0.3) is 0 Å². The quantitative estimate of drug-likeness (QED) is 0.702. The largest absolute Gasteiger partial charge is 0.370 e. The number of fused-ring (bicyclic) bond motifs is 1. The first-order valence-electron chi connectivity index (χ1n) is 5.87. The van der Waals surface area contributed by atoms with Crippen molar-refractivity contribution in [3.05, 3.63) is 0 Å². The normalized spacial score (nSPS) is 32.1. The molecule has 0 aromatic heterocycles. The van der Waals surface area contributed by atoms with E-state index >= 15 is 0 Å². The highest BCUT2D eigenvalue weighted by atomic mass is 32.2. The molecule has 1 saturated heterocycles. The van der Waals surface area contributed by atoms with Crippen LogP contribution in [-0.2, 0) is 4.79 Å². The number of unbranched alkanes of at least 4 members (excludes halogenated alkanes) is 1. The van der Waals surface area contributed by atoms with Gasteiger partial charge in [-0.25, -0.2) is 4.99 Å². The van der Waals surface area contributed by atoms with Crippen molar-refractivity contribution < 1.29 is 4.79 Å². The molecule has 16 heavy (non-hydrogen) atoms. The van der Waals surface area contributed by atoms with Gasteiger partial charge < -0.3 is 15.8 Å². The zero-order chi connectivity index (χ0) is 11.5. The number of nitrogens with zero attached hydrogens (tertiary/aromatic N) is 1. The maximum Gasteiger partial charge on any atom is 0.189 e. The van der Waals surface area contributed by atoms with E-state index in [1.165, 1.54) is 0 Å². The number of nitrogens with two attached hydrogens (primary N) is 1. The van der Waals surface area contributed by atoms with Gasteiger partial charge in [0.15, 0.2) is 5.96 Å². The van der Waals surface area contributed by atoms with Gasteiger partial charge in [0.05, 0.1) is 12.1 Å². The molecule has 0 saturated carbocycles. The molecular formula is C11H19N3OS. The number of carbonyl (C=O) groups excluding carboxylic acids is 1. The minimum absolute atomic E-state index is 0.293. The summed E-state index contributed by atoms with van der Waals surface area (Å²) in [6, 6.07) is 0.810. The number of hydrogen-bond donors (Lipinski definition) is 2. The van der Waals surface area contributed by atoms with E-state index in [1.54, 1.807) is 6.92 Å². The van der Waals surface area contributed by atoms with Crippen molar-refractivity contribution in [1.29, 1.82) is 0 Å². The summed E-state index contributed by atoms with van der Waals surface area (Å²) < 4.78 is 0. The lowest BCUT2D eigenvalue weighted by Crippen LogP contribution is -2.38. The maximum absolute atomic E-state index is 10.8. The highest BCUT2D eigenvalue weighted by Gasteiger charge is 2.39. The van der Waals surface area contributed by atoms with E-state index in [-0.39, 0.29) is 0 Å². The van der Waals surface area contributed by atoms with Crippen LogP contribution in [0.4, 0.5) is 0 Å². The van der Waals surface area contributed by atoms with Crippen molar-refractivity contribution in [2.24, 2.45) is 10.7 Å². The summed E-state index contributed by atoms with van der Waals surface area (Å²) in [6.07, 6.45) is 4.00. The molecule has 0 unspecified atom stereocenters. The van der Waals surface area contributed by atoms with E-state index in [4.69, 9.17) is 5.73 Å². The molecule has 4 nitrogen and oxygen atoms in total. The van der Waals surface area contributed by atoms with Crippen LogP contribution >= 0.6 is 11.8 Å². The van der Waals surface area contributed by atoms with Gasteiger partial charge in [-0.1, -0.05) is 6.42 Å². The first-order valence-corrected chi connectivity index (χ1v) is 6.92. The average molecular weight is 241 g/mol. The number of hydrogen-bond acceptors (Lipinski definition) is 5. The summed E-state index contributed by atoms with van der Waals surface area (Å²) in [7, 11) is 0. The van der Waals surface area contributed by atoms with Gasteiger partial charge in [0.1, 0.15) is 5.78 Å². The Bertz CT molecular complexity index is 306. The Balaban J connectivity index is 1.72. The number of thioether (sulfide) groups is 1. The molecule has 1 fully saturated rings. The molecule has 0 aromatic carbocycles. The molecule has 0 spiro atoms. The standard InChI is InChI=1S/C11H19N3OS/c1-7(15)4-2-3-5-9-10-8(6-16-9)13-11(12)14-10/h8-10H,2-6H2,1H3,(H3,12,13,14)/t8-,9-,10-/m0/s1.